The first-order valence-electron chi connectivity index (χ1n) is 5.01. The van der Waals surface area contributed by atoms with E-state index in [0.29, 0.717) is 5.69 Å². The SMILES string of the molecule is N#Cc1cc(SCc2ccc(Cl)cc2)ccn1. The van der Waals surface area contributed by atoms with Gasteiger partial charge in [-0.1, -0.05) is 23.7 Å². The molecule has 0 aliphatic heterocycles. The van der Waals surface area contributed by atoms with Crippen LogP contribution in [0.2, 0.25) is 5.02 Å². The minimum absolute atomic E-state index is 0.450. The molecule has 0 bridgehead atoms. The van der Waals surface area contributed by atoms with Gasteiger partial charge in [0.1, 0.15) is 11.8 Å². The highest BCUT2D eigenvalue weighted by Crippen LogP contribution is 2.23. The average Bonchev–Trinajstić information content (AvgIpc) is 2.38. The first kappa shape index (κ1) is 12.0. The zero-order valence-corrected chi connectivity index (χ0v) is 10.5. The van der Waals surface area contributed by atoms with E-state index in [4.69, 9.17) is 16.9 Å². The van der Waals surface area contributed by atoms with Crippen molar-refractivity contribution in [3.63, 3.8) is 0 Å². The van der Waals surface area contributed by atoms with Gasteiger partial charge in [-0.05, 0) is 29.8 Å². The van der Waals surface area contributed by atoms with Crippen LogP contribution >= 0.6 is 23.4 Å². The third kappa shape index (κ3) is 3.48. The quantitative estimate of drug-likeness (QED) is 0.786. The normalized spacial score (nSPS) is 9.88. The summed E-state index contributed by atoms with van der Waals surface area (Å²) in [5, 5.41) is 9.49. The minimum atomic E-state index is 0.450. The number of benzene rings is 1. The molecule has 84 valence electrons. The predicted octanol–water partition coefficient (Wildman–Crippen LogP) is 3.90. The first-order valence-corrected chi connectivity index (χ1v) is 6.38. The van der Waals surface area contributed by atoms with Crippen LogP contribution in [0.4, 0.5) is 0 Å². The second-order valence-electron chi connectivity index (χ2n) is 3.40. The molecule has 4 heteroatoms. The van der Waals surface area contributed by atoms with E-state index in [0.717, 1.165) is 15.7 Å². The fourth-order valence-corrected chi connectivity index (χ4v) is 2.31. The smallest absolute Gasteiger partial charge is 0.141 e. The molecule has 0 spiro atoms. The van der Waals surface area contributed by atoms with Gasteiger partial charge in [0, 0.05) is 21.9 Å². The van der Waals surface area contributed by atoms with Crippen molar-refractivity contribution < 1.29 is 0 Å². The molecule has 2 nitrogen and oxygen atoms in total. The van der Waals surface area contributed by atoms with Crippen LogP contribution in [0.5, 0.6) is 0 Å². The number of nitrogens with zero attached hydrogens (tertiary/aromatic N) is 2. The molecule has 0 saturated heterocycles. The third-order valence-electron chi connectivity index (χ3n) is 2.16. The van der Waals surface area contributed by atoms with Gasteiger partial charge in [-0.3, -0.25) is 0 Å². The van der Waals surface area contributed by atoms with Crippen molar-refractivity contribution in [1.82, 2.24) is 4.98 Å². The van der Waals surface area contributed by atoms with Gasteiger partial charge in [0.25, 0.3) is 0 Å². The zero-order chi connectivity index (χ0) is 12.1. The van der Waals surface area contributed by atoms with Crippen LogP contribution in [0.1, 0.15) is 11.3 Å². The number of nitriles is 1. The Morgan fingerprint density at radius 1 is 1.24 bits per heavy atom. The van der Waals surface area contributed by atoms with Crippen LogP contribution < -0.4 is 0 Å². The Labute approximate surface area is 109 Å². The van der Waals surface area contributed by atoms with Gasteiger partial charge in [0.05, 0.1) is 0 Å². The zero-order valence-electron chi connectivity index (χ0n) is 8.93. The standard InChI is InChI=1S/C13H9ClN2S/c14-11-3-1-10(2-4-11)9-17-13-5-6-16-12(7-13)8-15/h1-7H,9H2. The van der Waals surface area contributed by atoms with Gasteiger partial charge in [-0.25, -0.2) is 4.98 Å². The summed E-state index contributed by atoms with van der Waals surface area (Å²) in [6.45, 7) is 0. The van der Waals surface area contributed by atoms with Crippen LogP contribution in [0.15, 0.2) is 47.5 Å². The number of thioether (sulfide) groups is 1. The maximum Gasteiger partial charge on any atom is 0.141 e. The number of hydrogen-bond donors (Lipinski definition) is 0. The summed E-state index contributed by atoms with van der Waals surface area (Å²) in [5.74, 6) is 0.853. The molecule has 0 aliphatic rings. The molecule has 1 aromatic carbocycles. The van der Waals surface area contributed by atoms with E-state index in [-0.39, 0.29) is 0 Å². The molecule has 0 amide bonds. The second kappa shape index (κ2) is 5.72. The summed E-state index contributed by atoms with van der Waals surface area (Å²) >= 11 is 7.49. The van der Waals surface area contributed by atoms with E-state index >= 15 is 0 Å². The van der Waals surface area contributed by atoms with E-state index in [1.807, 2.05) is 36.4 Å². The predicted molar refractivity (Wildman–Crippen MR) is 70.0 cm³/mol. The maximum atomic E-state index is 8.74. The molecule has 0 aliphatic carbocycles. The highest BCUT2D eigenvalue weighted by molar-refractivity contribution is 7.98. The molecular weight excluding hydrogens is 252 g/mol. The van der Waals surface area contributed by atoms with Crippen molar-refractivity contribution in [1.29, 1.82) is 5.26 Å². The highest BCUT2D eigenvalue weighted by Gasteiger charge is 1.99. The van der Waals surface area contributed by atoms with Crippen LogP contribution in [-0.2, 0) is 5.75 Å². The van der Waals surface area contributed by atoms with Crippen molar-refractivity contribution >= 4 is 23.4 Å². The van der Waals surface area contributed by atoms with Gasteiger partial charge in [-0.15, -0.1) is 11.8 Å². The maximum absolute atomic E-state index is 8.74. The molecule has 0 radical (unpaired) electrons. The summed E-state index contributed by atoms with van der Waals surface area (Å²) in [5.41, 5.74) is 1.65. The topological polar surface area (TPSA) is 36.7 Å². The van der Waals surface area contributed by atoms with Crippen molar-refractivity contribution in [3.8, 4) is 6.07 Å². The lowest BCUT2D eigenvalue weighted by Gasteiger charge is -2.02. The van der Waals surface area contributed by atoms with Crippen molar-refractivity contribution in [2.45, 2.75) is 10.6 Å². The molecule has 0 atom stereocenters. The molecule has 0 unspecified atom stereocenters. The molecule has 0 fully saturated rings. The van der Waals surface area contributed by atoms with E-state index in [1.54, 1.807) is 24.0 Å². The van der Waals surface area contributed by atoms with Crippen molar-refractivity contribution in [2.75, 3.05) is 0 Å². The molecule has 17 heavy (non-hydrogen) atoms. The Morgan fingerprint density at radius 2 is 2.00 bits per heavy atom. The molecule has 1 heterocycles. The number of rotatable bonds is 3. The summed E-state index contributed by atoms with van der Waals surface area (Å²) in [4.78, 5) is 4.98. The third-order valence-corrected chi connectivity index (χ3v) is 3.48. The highest BCUT2D eigenvalue weighted by atomic mass is 35.5. The van der Waals surface area contributed by atoms with Crippen LogP contribution in [0.25, 0.3) is 0 Å². The Balaban J connectivity index is 2.02. The summed E-state index contributed by atoms with van der Waals surface area (Å²) in [7, 11) is 0. The molecule has 1 aromatic heterocycles. The summed E-state index contributed by atoms with van der Waals surface area (Å²) in [6.07, 6.45) is 1.66. The van der Waals surface area contributed by atoms with Gasteiger partial charge in [-0.2, -0.15) is 5.26 Å². The Kier molecular flexibility index (Phi) is 4.03. The fraction of sp³-hybridized carbons (Fsp3) is 0.0769. The van der Waals surface area contributed by atoms with E-state index in [1.165, 1.54) is 5.56 Å². The molecule has 0 saturated carbocycles. The van der Waals surface area contributed by atoms with Gasteiger partial charge >= 0.3 is 0 Å². The lowest BCUT2D eigenvalue weighted by molar-refractivity contribution is 1.21. The Morgan fingerprint density at radius 3 is 2.71 bits per heavy atom. The van der Waals surface area contributed by atoms with Crippen molar-refractivity contribution in [3.05, 3.63) is 58.9 Å². The number of aromatic nitrogens is 1. The van der Waals surface area contributed by atoms with Crippen LogP contribution in [-0.4, -0.2) is 4.98 Å². The van der Waals surface area contributed by atoms with E-state index in [9.17, 15) is 0 Å². The number of halogens is 1. The Bertz CT molecular complexity index is 546. The van der Waals surface area contributed by atoms with Crippen molar-refractivity contribution in [2.24, 2.45) is 0 Å². The van der Waals surface area contributed by atoms with E-state index in [2.05, 4.69) is 4.98 Å². The van der Waals surface area contributed by atoms with Crippen LogP contribution in [0, 0.1) is 11.3 Å². The first-order chi connectivity index (χ1) is 8.28. The summed E-state index contributed by atoms with van der Waals surface area (Å²) < 4.78 is 0. The van der Waals surface area contributed by atoms with E-state index < -0.39 is 0 Å². The average molecular weight is 261 g/mol. The van der Waals surface area contributed by atoms with Gasteiger partial charge in [0.2, 0.25) is 0 Å². The summed E-state index contributed by atoms with van der Waals surface area (Å²) in [6, 6.07) is 13.5. The monoisotopic (exact) mass is 260 g/mol. The lowest BCUT2D eigenvalue weighted by Crippen LogP contribution is -1.83. The molecular formula is C13H9ClN2S. The fourth-order valence-electron chi connectivity index (χ4n) is 1.31. The molecule has 0 N–H and O–H groups in total. The number of pyridine rings is 1. The van der Waals surface area contributed by atoms with Crippen LogP contribution in [0.3, 0.4) is 0 Å². The second-order valence-corrected chi connectivity index (χ2v) is 4.89. The largest absolute Gasteiger partial charge is 0.245 e. The lowest BCUT2D eigenvalue weighted by atomic mass is 10.2. The van der Waals surface area contributed by atoms with Gasteiger partial charge in [0.15, 0.2) is 0 Å². The Hall–Kier alpha value is -1.50. The van der Waals surface area contributed by atoms with Gasteiger partial charge < -0.3 is 0 Å². The number of hydrogen-bond acceptors (Lipinski definition) is 3. The molecule has 2 aromatic rings. The minimum Gasteiger partial charge on any atom is -0.245 e. The molecule has 2 rings (SSSR count).